The molecule has 0 aliphatic carbocycles. The van der Waals surface area contributed by atoms with E-state index in [1.807, 2.05) is 0 Å². The Morgan fingerprint density at radius 3 is 2.47 bits per heavy atom. The van der Waals surface area contributed by atoms with Gasteiger partial charge in [-0.25, -0.2) is 8.42 Å². The van der Waals surface area contributed by atoms with E-state index in [9.17, 15) is 18.0 Å². The zero-order chi connectivity index (χ0) is 13.3. The maximum Gasteiger partial charge on any atom is 0.245 e. The van der Waals surface area contributed by atoms with Gasteiger partial charge in [0.25, 0.3) is 0 Å². The van der Waals surface area contributed by atoms with E-state index in [1.165, 1.54) is 4.90 Å². The highest BCUT2D eigenvalue weighted by atomic mass is 32.2. The Morgan fingerprint density at radius 1 is 1.35 bits per heavy atom. The second kappa shape index (κ2) is 4.64. The van der Waals surface area contributed by atoms with Gasteiger partial charge in [0.1, 0.15) is 15.4 Å². The lowest BCUT2D eigenvalue weighted by Gasteiger charge is -2.41. The molecule has 1 aliphatic heterocycles. The molecule has 1 aliphatic rings. The number of carbonyl (C=O) groups excluding carboxylic acids is 2. The van der Waals surface area contributed by atoms with Gasteiger partial charge < -0.3 is 10.2 Å². The van der Waals surface area contributed by atoms with Crippen LogP contribution in [0.15, 0.2) is 0 Å². The van der Waals surface area contributed by atoms with Crippen molar-refractivity contribution >= 4 is 21.7 Å². The molecule has 1 fully saturated rings. The number of carbonyl (C=O) groups is 2. The molecule has 0 spiro atoms. The Hall–Kier alpha value is -1.11. The maximum absolute atomic E-state index is 11.7. The summed E-state index contributed by atoms with van der Waals surface area (Å²) in [4.78, 5) is 24.7. The number of nitrogens with zero attached hydrogens (tertiary/aromatic N) is 1. The largest absolute Gasteiger partial charge is 0.345 e. The van der Waals surface area contributed by atoms with Crippen molar-refractivity contribution in [3.8, 4) is 0 Å². The highest BCUT2D eigenvalue weighted by Crippen LogP contribution is 2.18. The summed E-state index contributed by atoms with van der Waals surface area (Å²) in [7, 11) is -3.03. The van der Waals surface area contributed by atoms with Crippen molar-refractivity contribution in [3.63, 3.8) is 0 Å². The number of hydrogen-bond acceptors (Lipinski definition) is 4. The Labute approximate surface area is 101 Å². The van der Waals surface area contributed by atoms with Crippen molar-refractivity contribution in [3.05, 3.63) is 0 Å². The summed E-state index contributed by atoms with van der Waals surface area (Å²) in [5, 5.41) is 2.51. The second-order valence-electron chi connectivity index (χ2n) is 4.77. The van der Waals surface area contributed by atoms with E-state index in [0.29, 0.717) is 6.42 Å². The molecule has 1 rings (SSSR count). The van der Waals surface area contributed by atoms with Crippen LogP contribution in [0.1, 0.15) is 20.3 Å². The number of hydrogen-bond donors (Lipinski definition) is 1. The SMILES string of the molecule is CC1(C)C(=O)NCC(=O)N1CCCS(C)(=O)=O. The Morgan fingerprint density at radius 2 is 1.94 bits per heavy atom. The van der Waals surface area contributed by atoms with Crippen LogP contribution < -0.4 is 5.32 Å². The molecular weight excluding hydrogens is 244 g/mol. The summed E-state index contributed by atoms with van der Waals surface area (Å²) < 4.78 is 22.0. The molecule has 6 nitrogen and oxygen atoms in total. The van der Waals surface area contributed by atoms with Gasteiger partial charge in [0.2, 0.25) is 11.8 Å². The molecule has 1 N–H and O–H groups in total. The number of amides is 2. The predicted octanol–water partition coefficient (Wildman–Crippen LogP) is -0.842. The van der Waals surface area contributed by atoms with Crippen LogP contribution in [0.5, 0.6) is 0 Å². The fourth-order valence-electron chi connectivity index (χ4n) is 1.79. The molecule has 2 amide bonds. The Balaban J connectivity index is 2.67. The molecule has 0 aromatic rings. The summed E-state index contributed by atoms with van der Waals surface area (Å²) in [5.74, 6) is -0.367. The molecule has 98 valence electrons. The van der Waals surface area contributed by atoms with Crippen molar-refractivity contribution < 1.29 is 18.0 Å². The van der Waals surface area contributed by atoms with E-state index in [4.69, 9.17) is 0 Å². The molecule has 0 atom stereocenters. The lowest BCUT2D eigenvalue weighted by molar-refractivity contribution is -0.151. The van der Waals surface area contributed by atoms with Crippen LogP contribution in [0.4, 0.5) is 0 Å². The van der Waals surface area contributed by atoms with Crippen molar-refractivity contribution in [1.82, 2.24) is 10.2 Å². The van der Waals surface area contributed by atoms with Crippen molar-refractivity contribution in [2.75, 3.05) is 25.1 Å². The fourth-order valence-corrected chi connectivity index (χ4v) is 2.44. The number of nitrogens with one attached hydrogen (secondary N) is 1. The molecule has 17 heavy (non-hydrogen) atoms. The van der Waals surface area contributed by atoms with Crippen LogP contribution in [0, 0.1) is 0 Å². The standard InChI is InChI=1S/C10H18N2O4S/c1-10(2)9(14)11-7-8(13)12(10)5-4-6-17(3,15)16/h4-7H2,1-3H3,(H,11,14). The van der Waals surface area contributed by atoms with Gasteiger partial charge in [0, 0.05) is 12.8 Å². The van der Waals surface area contributed by atoms with Gasteiger partial charge in [-0.1, -0.05) is 0 Å². The zero-order valence-electron chi connectivity index (χ0n) is 10.3. The molecular formula is C10H18N2O4S. The van der Waals surface area contributed by atoms with Crippen LogP contribution in [0.2, 0.25) is 0 Å². The molecule has 1 saturated heterocycles. The topological polar surface area (TPSA) is 83.6 Å². The minimum atomic E-state index is -3.03. The molecule has 1 heterocycles. The third kappa shape index (κ3) is 3.42. The minimum absolute atomic E-state index is 0.0128. The van der Waals surface area contributed by atoms with Crippen LogP contribution in [0.25, 0.3) is 0 Å². The monoisotopic (exact) mass is 262 g/mol. The highest BCUT2D eigenvalue weighted by Gasteiger charge is 2.41. The molecule has 0 unspecified atom stereocenters. The average molecular weight is 262 g/mol. The number of piperazine rings is 1. The predicted molar refractivity (Wildman–Crippen MR) is 63.1 cm³/mol. The fraction of sp³-hybridized carbons (Fsp3) is 0.800. The lowest BCUT2D eigenvalue weighted by Crippen LogP contribution is -2.64. The highest BCUT2D eigenvalue weighted by molar-refractivity contribution is 7.90. The van der Waals surface area contributed by atoms with E-state index in [2.05, 4.69) is 5.32 Å². The van der Waals surface area contributed by atoms with Gasteiger partial charge in [0.05, 0.1) is 12.3 Å². The zero-order valence-corrected chi connectivity index (χ0v) is 11.1. The van der Waals surface area contributed by atoms with E-state index in [-0.39, 0.29) is 30.7 Å². The first-order valence-corrected chi connectivity index (χ1v) is 7.47. The third-order valence-corrected chi connectivity index (χ3v) is 3.86. The normalized spacial score (nSPS) is 20.3. The molecule has 0 saturated carbocycles. The summed E-state index contributed by atoms with van der Waals surface area (Å²) in [6.45, 7) is 3.58. The third-order valence-electron chi connectivity index (χ3n) is 2.83. The van der Waals surface area contributed by atoms with Crippen molar-refractivity contribution in [2.45, 2.75) is 25.8 Å². The van der Waals surface area contributed by atoms with Gasteiger partial charge in [-0.15, -0.1) is 0 Å². The number of rotatable bonds is 4. The van der Waals surface area contributed by atoms with Crippen LogP contribution in [-0.4, -0.2) is 55.8 Å². The Bertz CT molecular complexity index is 428. The first kappa shape index (κ1) is 14.0. The summed E-state index contributed by atoms with van der Waals surface area (Å²) >= 11 is 0. The molecule has 7 heteroatoms. The van der Waals surface area contributed by atoms with Crippen LogP contribution in [-0.2, 0) is 19.4 Å². The van der Waals surface area contributed by atoms with Gasteiger partial charge in [-0.3, -0.25) is 9.59 Å². The van der Waals surface area contributed by atoms with E-state index in [0.717, 1.165) is 6.26 Å². The van der Waals surface area contributed by atoms with Gasteiger partial charge in [-0.05, 0) is 20.3 Å². The van der Waals surface area contributed by atoms with Crippen LogP contribution in [0.3, 0.4) is 0 Å². The number of sulfone groups is 1. The van der Waals surface area contributed by atoms with Crippen molar-refractivity contribution in [2.24, 2.45) is 0 Å². The lowest BCUT2D eigenvalue weighted by atomic mass is 9.98. The molecule has 0 aromatic heterocycles. The summed E-state index contributed by atoms with van der Waals surface area (Å²) in [6.07, 6.45) is 1.50. The van der Waals surface area contributed by atoms with Gasteiger partial charge in [0.15, 0.2) is 0 Å². The summed E-state index contributed by atoms with van der Waals surface area (Å²) in [6, 6.07) is 0. The van der Waals surface area contributed by atoms with Crippen molar-refractivity contribution in [1.29, 1.82) is 0 Å². The van der Waals surface area contributed by atoms with E-state index in [1.54, 1.807) is 13.8 Å². The summed E-state index contributed by atoms with van der Waals surface area (Å²) in [5.41, 5.74) is -0.910. The smallest absolute Gasteiger partial charge is 0.245 e. The van der Waals surface area contributed by atoms with E-state index < -0.39 is 15.4 Å². The molecule has 0 radical (unpaired) electrons. The van der Waals surface area contributed by atoms with Gasteiger partial charge >= 0.3 is 0 Å². The van der Waals surface area contributed by atoms with E-state index >= 15 is 0 Å². The second-order valence-corrected chi connectivity index (χ2v) is 7.03. The minimum Gasteiger partial charge on any atom is -0.345 e. The average Bonchev–Trinajstić information content (AvgIpc) is 2.16. The van der Waals surface area contributed by atoms with Gasteiger partial charge in [-0.2, -0.15) is 0 Å². The maximum atomic E-state index is 11.7. The van der Waals surface area contributed by atoms with Crippen LogP contribution >= 0.6 is 0 Å². The first-order chi connectivity index (χ1) is 7.64. The quantitative estimate of drug-likeness (QED) is 0.716. The molecule has 0 aromatic carbocycles. The first-order valence-electron chi connectivity index (χ1n) is 5.41. The Kier molecular flexibility index (Phi) is 3.81. The molecule has 0 bridgehead atoms.